The molecule has 20 heavy (non-hydrogen) atoms. The van der Waals surface area contributed by atoms with Crippen LogP contribution in [0.15, 0.2) is 18.2 Å². The van der Waals surface area contributed by atoms with E-state index < -0.39 is 0 Å². The van der Waals surface area contributed by atoms with Gasteiger partial charge in [0.15, 0.2) is 0 Å². The second-order valence-electron chi connectivity index (χ2n) is 4.88. The lowest BCUT2D eigenvalue weighted by Gasteiger charge is -2.17. The fraction of sp³-hybridized carbons (Fsp3) is 0.600. The zero-order chi connectivity index (χ0) is 15.0. The molecule has 0 fully saturated rings. The summed E-state index contributed by atoms with van der Waals surface area (Å²) in [6.07, 6.45) is 4.05. The Morgan fingerprint density at radius 1 is 1.30 bits per heavy atom. The Labute approximate surface area is 120 Å². The first kappa shape index (κ1) is 16.4. The van der Waals surface area contributed by atoms with E-state index in [1.54, 1.807) is 6.07 Å². The van der Waals surface area contributed by atoms with Gasteiger partial charge in [0.05, 0.1) is 18.1 Å². The Morgan fingerprint density at radius 3 is 2.60 bits per heavy atom. The highest BCUT2D eigenvalue weighted by molar-refractivity contribution is 5.42. The highest BCUT2D eigenvalue weighted by Crippen LogP contribution is 2.23. The monoisotopic (exact) mass is 280 g/mol. The molecule has 112 valence electrons. The van der Waals surface area contributed by atoms with E-state index in [1.807, 2.05) is 6.07 Å². The lowest BCUT2D eigenvalue weighted by Crippen LogP contribution is -2.29. The first-order valence-electron chi connectivity index (χ1n) is 7.16. The maximum Gasteiger partial charge on any atom is 0.273 e. The normalized spacial score (nSPS) is 12.2. The molecule has 1 aromatic rings. The maximum absolute atomic E-state index is 10.9. The molecule has 1 atom stereocenters. The number of hydrogen-bond donors (Lipinski definition) is 1. The lowest BCUT2D eigenvalue weighted by molar-refractivity contribution is -0.385. The van der Waals surface area contributed by atoms with Gasteiger partial charge in [0.25, 0.3) is 5.69 Å². The van der Waals surface area contributed by atoms with Crippen LogP contribution in [0.5, 0.6) is 5.75 Å². The van der Waals surface area contributed by atoms with Crippen LogP contribution in [-0.2, 0) is 6.42 Å². The number of benzene rings is 1. The summed E-state index contributed by atoms with van der Waals surface area (Å²) in [4.78, 5) is 10.5. The Morgan fingerprint density at radius 2 is 2.05 bits per heavy atom. The highest BCUT2D eigenvalue weighted by Gasteiger charge is 2.12. The largest absolute Gasteiger partial charge is 0.496 e. The van der Waals surface area contributed by atoms with Gasteiger partial charge >= 0.3 is 0 Å². The van der Waals surface area contributed by atoms with Gasteiger partial charge in [-0.25, -0.2) is 0 Å². The average molecular weight is 280 g/mol. The van der Waals surface area contributed by atoms with E-state index >= 15 is 0 Å². The molecular formula is C15H24N2O3. The second-order valence-corrected chi connectivity index (χ2v) is 4.88. The van der Waals surface area contributed by atoms with Gasteiger partial charge < -0.3 is 10.1 Å². The zero-order valence-corrected chi connectivity index (χ0v) is 12.5. The third-order valence-corrected chi connectivity index (χ3v) is 3.31. The Hall–Kier alpha value is -1.62. The van der Waals surface area contributed by atoms with E-state index in [1.165, 1.54) is 13.2 Å². The van der Waals surface area contributed by atoms with Crippen molar-refractivity contribution in [3.63, 3.8) is 0 Å². The van der Waals surface area contributed by atoms with Crippen LogP contribution in [0.3, 0.4) is 0 Å². The molecular weight excluding hydrogens is 256 g/mol. The number of ether oxygens (including phenoxy) is 1. The summed E-state index contributed by atoms with van der Waals surface area (Å²) in [5.74, 6) is 0.546. The van der Waals surface area contributed by atoms with Crippen molar-refractivity contribution in [1.82, 2.24) is 5.32 Å². The minimum absolute atomic E-state index is 0.0924. The predicted octanol–water partition coefficient (Wildman–Crippen LogP) is 3.31. The molecule has 0 radical (unpaired) electrons. The number of nitrogens with one attached hydrogen (secondary N) is 1. The molecule has 0 amide bonds. The van der Waals surface area contributed by atoms with Crippen LogP contribution >= 0.6 is 0 Å². The van der Waals surface area contributed by atoms with Crippen LogP contribution in [0.25, 0.3) is 0 Å². The zero-order valence-electron chi connectivity index (χ0n) is 12.5. The van der Waals surface area contributed by atoms with Gasteiger partial charge in [-0.15, -0.1) is 0 Å². The van der Waals surface area contributed by atoms with Gasteiger partial charge in [-0.1, -0.05) is 20.3 Å². The van der Waals surface area contributed by atoms with E-state index in [9.17, 15) is 10.1 Å². The summed E-state index contributed by atoms with van der Waals surface area (Å²) < 4.78 is 5.13. The van der Waals surface area contributed by atoms with Gasteiger partial charge in [-0.3, -0.25) is 10.1 Å². The number of non-ortho nitro benzene ring substituents is 1. The van der Waals surface area contributed by atoms with Crippen LogP contribution in [0.2, 0.25) is 0 Å². The number of aryl methyl sites for hydroxylation is 1. The minimum atomic E-state index is -0.375. The Balaban J connectivity index is 2.75. The molecule has 0 aliphatic carbocycles. The van der Waals surface area contributed by atoms with Crippen LogP contribution in [0.4, 0.5) is 5.69 Å². The van der Waals surface area contributed by atoms with Crippen LogP contribution in [0.1, 0.15) is 38.7 Å². The van der Waals surface area contributed by atoms with Crippen molar-refractivity contribution in [2.75, 3.05) is 13.7 Å². The van der Waals surface area contributed by atoms with Crippen molar-refractivity contribution in [2.45, 2.75) is 45.6 Å². The van der Waals surface area contributed by atoms with Gasteiger partial charge in [0, 0.05) is 12.1 Å². The van der Waals surface area contributed by atoms with Crippen LogP contribution in [-0.4, -0.2) is 24.6 Å². The first-order valence-corrected chi connectivity index (χ1v) is 7.16. The van der Waals surface area contributed by atoms with Crippen molar-refractivity contribution >= 4 is 5.69 Å². The summed E-state index contributed by atoms with van der Waals surface area (Å²) in [5.41, 5.74) is 1.05. The standard InChI is InChI=1S/C15H24N2O3/c1-4-6-13(16-5-2)8-7-12-9-14(17(18)19)11-15(10-12)20-3/h9-11,13,16H,4-8H2,1-3H3. The molecule has 1 rings (SSSR count). The van der Waals surface area contributed by atoms with E-state index in [4.69, 9.17) is 4.74 Å². The summed E-state index contributed by atoms with van der Waals surface area (Å²) in [6.45, 7) is 5.21. The number of rotatable bonds is 9. The fourth-order valence-electron chi connectivity index (χ4n) is 2.34. The third-order valence-electron chi connectivity index (χ3n) is 3.31. The number of nitro groups is 1. The summed E-state index contributed by atoms with van der Waals surface area (Å²) in [6, 6.07) is 5.44. The molecule has 0 saturated heterocycles. The SMILES string of the molecule is CCCC(CCc1cc(OC)cc([N+](=O)[O-])c1)NCC. The van der Waals surface area contributed by atoms with Gasteiger partial charge in [-0.05, 0) is 37.4 Å². The van der Waals surface area contributed by atoms with Gasteiger partial charge in [0.2, 0.25) is 0 Å². The molecule has 0 bridgehead atoms. The van der Waals surface area contributed by atoms with Crippen LogP contribution < -0.4 is 10.1 Å². The summed E-state index contributed by atoms with van der Waals surface area (Å²) in [5, 5.41) is 14.4. The number of nitro benzene ring substituents is 1. The second kappa shape index (κ2) is 8.53. The van der Waals surface area contributed by atoms with Crippen molar-refractivity contribution in [2.24, 2.45) is 0 Å². The number of methoxy groups -OCH3 is 1. The van der Waals surface area contributed by atoms with E-state index in [0.717, 1.165) is 37.8 Å². The molecule has 1 unspecified atom stereocenters. The smallest absolute Gasteiger partial charge is 0.273 e. The number of nitrogens with zero attached hydrogens (tertiary/aromatic N) is 1. The molecule has 1 aromatic carbocycles. The lowest BCUT2D eigenvalue weighted by atomic mass is 10.0. The highest BCUT2D eigenvalue weighted by atomic mass is 16.6. The Kier molecular flexibility index (Phi) is 7.01. The maximum atomic E-state index is 10.9. The van der Waals surface area contributed by atoms with Crippen molar-refractivity contribution in [3.05, 3.63) is 33.9 Å². The molecule has 0 heterocycles. The van der Waals surface area contributed by atoms with Gasteiger partial charge in [0.1, 0.15) is 5.75 Å². The quantitative estimate of drug-likeness (QED) is 0.556. The topological polar surface area (TPSA) is 64.4 Å². The minimum Gasteiger partial charge on any atom is -0.496 e. The molecule has 0 aliphatic heterocycles. The molecule has 0 aliphatic rings. The van der Waals surface area contributed by atoms with Crippen molar-refractivity contribution in [3.8, 4) is 5.75 Å². The van der Waals surface area contributed by atoms with E-state index in [0.29, 0.717) is 11.8 Å². The summed E-state index contributed by atoms with van der Waals surface area (Å²) in [7, 11) is 1.53. The van der Waals surface area contributed by atoms with Crippen molar-refractivity contribution < 1.29 is 9.66 Å². The first-order chi connectivity index (χ1) is 9.60. The average Bonchev–Trinajstić information content (AvgIpc) is 2.44. The molecule has 1 N–H and O–H groups in total. The molecule has 5 heteroatoms. The number of hydrogen-bond acceptors (Lipinski definition) is 4. The van der Waals surface area contributed by atoms with Gasteiger partial charge in [-0.2, -0.15) is 0 Å². The molecule has 5 nitrogen and oxygen atoms in total. The van der Waals surface area contributed by atoms with Crippen molar-refractivity contribution in [1.29, 1.82) is 0 Å². The summed E-state index contributed by atoms with van der Waals surface area (Å²) >= 11 is 0. The fourth-order valence-corrected chi connectivity index (χ4v) is 2.34. The third kappa shape index (κ3) is 5.17. The molecule has 0 spiro atoms. The van der Waals surface area contributed by atoms with Crippen LogP contribution in [0, 0.1) is 10.1 Å². The molecule has 0 saturated carbocycles. The van der Waals surface area contributed by atoms with E-state index in [2.05, 4.69) is 19.2 Å². The predicted molar refractivity (Wildman–Crippen MR) is 80.3 cm³/mol. The molecule has 0 aromatic heterocycles. The Bertz CT molecular complexity index is 429. The van der Waals surface area contributed by atoms with E-state index in [-0.39, 0.29) is 10.6 Å².